The number of amides is 1. The summed E-state index contributed by atoms with van der Waals surface area (Å²) >= 11 is 0. The number of hydrogen-bond acceptors (Lipinski definition) is 5. The second kappa shape index (κ2) is 7.94. The first-order chi connectivity index (χ1) is 12.7. The van der Waals surface area contributed by atoms with Crippen molar-refractivity contribution in [3.05, 3.63) is 84.1 Å². The van der Waals surface area contributed by atoms with E-state index in [0.717, 1.165) is 0 Å². The van der Waals surface area contributed by atoms with E-state index in [9.17, 15) is 9.59 Å². The predicted octanol–water partition coefficient (Wildman–Crippen LogP) is 3.56. The van der Waals surface area contributed by atoms with Crippen molar-refractivity contribution in [1.29, 1.82) is 0 Å². The van der Waals surface area contributed by atoms with Gasteiger partial charge < -0.3 is 14.8 Å². The van der Waals surface area contributed by atoms with Gasteiger partial charge in [0.05, 0.1) is 12.7 Å². The third-order valence-electron chi connectivity index (χ3n) is 3.54. The fourth-order valence-corrected chi connectivity index (χ4v) is 2.19. The lowest BCUT2D eigenvalue weighted by atomic mass is 10.2. The summed E-state index contributed by atoms with van der Waals surface area (Å²) in [6.45, 7) is 0. The summed E-state index contributed by atoms with van der Waals surface area (Å²) in [5.41, 5.74) is 1.48. The molecule has 1 aromatic heterocycles. The van der Waals surface area contributed by atoms with Gasteiger partial charge in [-0.2, -0.15) is 0 Å². The van der Waals surface area contributed by atoms with E-state index in [1.54, 1.807) is 60.7 Å². The summed E-state index contributed by atoms with van der Waals surface area (Å²) in [4.78, 5) is 28.2. The molecule has 130 valence electrons. The summed E-state index contributed by atoms with van der Waals surface area (Å²) in [6.07, 6.45) is 1.38. The van der Waals surface area contributed by atoms with Gasteiger partial charge in [-0.1, -0.05) is 18.2 Å². The Balaban J connectivity index is 1.62. The molecule has 26 heavy (non-hydrogen) atoms. The van der Waals surface area contributed by atoms with E-state index in [2.05, 4.69) is 10.3 Å². The molecular weight excluding hydrogens is 332 g/mol. The summed E-state index contributed by atoms with van der Waals surface area (Å²) in [6, 6.07) is 18.6. The molecule has 0 fully saturated rings. The zero-order valence-electron chi connectivity index (χ0n) is 14.0. The van der Waals surface area contributed by atoms with E-state index < -0.39 is 5.97 Å². The van der Waals surface area contributed by atoms with Crippen LogP contribution in [0.1, 0.15) is 20.7 Å². The minimum atomic E-state index is -0.527. The van der Waals surface area contributed by atoms with Gasteiger partial charge in [0.1, 0.15) is 5.75 Å². The number of anilines is 1. The van der Waals surface area contributed by atoms with Gasteiger partial charge in [0.25, 0.3) is 5.91 Å². The molecule has 1 heterocycles. The molecule has 0 aliphatic rings. The van der Waals surface area contributed by atoms with Crippen LogP contribution in [0.15, 0.2) is 72.9 Å². The van der Waals surface area contributed by atoms with Crippen LogP contribution in [0.3, 0.4) is 0 Å². The average molecular weight is 348 g/mol. The number of ether oxygens (including phenoxy) is 2. The van der Waals surface area contributed by atoms with E-state index in [1.165, 1.54) is 13.3 Å². The third-order valence-corrected chi connectivity index (χ3v) is 3.54. The summed E-state index contributed by atoms with van der Waals surface area (Å²) in [5, 5.41) is 2.78. The number of esters is 1. The Morgan fingerprint density at radius 1 is 0.885 bits per heavy atom. The normalized spacial score (nSPS) is 10.0. The molecule has 0 saturated carbocycles. The molecule has 0 saturated heterocycles. The van der Waals surface area contributed by atoms with E-state index >= 15 is 0 Å². The minimum Gasteiger partial charge on any atom is -0.481 e. The van der Waals surface area contributed by atoms with Crippen molar-refractivity contribution in [3.8, 4) is 11.6 Å². The van der Waals surface area contributed by atoms with Crippen LogP contribution >= 0.6 is 0 Å². The monoisotopic (exact) mass is 348 g/mol. The third kappa shape index (κ3) is 4.24. The standard InChI is InChI=1S/C20H16N2O4/c1-25-18-12-7-15(13-21-18)20(24)26-17-10-8-16(9-11-17)22-19(23)14-5-3-2-4-6-14/h2-13H,1H3,(H,22,23). The topological polar surface area (TPSA) is 77.5 Å². The summed E-state index contributed by atoms with van der Waals surface area (Å²) in [5.74, 6) is 0.0458. The zero-order chi connectivity index (χ0) is 18.4. The number of pyridine rings is 1. The van der Waals surface area contributed by atoms with Crippen molar-refractivity contribution < 1.29 is 19.1 Å². The lowest BCUT2D eigenvalue weighted by Gasteiger charge is -2.07. The highest BCUT2D eigenvalue weighted by molar-refractivity contribution is 6.04. The van der Waals surface area contributed by atoms with Crippen molar-refractivity contribution in [3.63, 3.8) is 0 Å². The van der Waals surface area contributed by atoms with Crippen LogP contribution in [-0.4, -0.2) is 24.0 Å². The van der Waals surface area contributed by atoms with Crippen molar-refractivity contribution in [1.82, 2.24) is 4.98 Å². The molecule has 6 heteroatoms. The summed E-state index contributed by atoms with van der Waals surface area (Å²) in [7, 11) is 1.50. The van der Waals surface area contributed by atoms with Crippen molar-refractivity contribution in [2.24, 2.45) is 0 Å². The molecule has 0 radical (unpaired) electrons. The van der Waals surface area contributed by atoms with Crippen LogP contribution in [0.25, 0.3) is 0 Å². The Labute approximate surface area is 150 Å². The van der Waals surface area contributed by atoms with Crippen LogP contribution in [0.2, 0.25) is 0 Å². The maximum Gasteiger partial charge on any atom is 0.345 e. The number of carbonyl (C=O) groups is 2. The lowest BCUT2D eigenvalue weighted by Crippen LogP contribution is -2.12. The van der Waals surface area contributed by atoms with Gasteiger partial charge in [-0.05, 0) is 42.5 Å². The first kappa shape index (κ1) is 17.2. The Kier molecular flexibility index (Phi) is 5.24. The fraction of sp³-hybridized carbons (Fsp3) is 0.0500. The van der Waals surface area contributed by atoms with Gasteiger partial charge >= 0.3 is 5.97 Å². The predicted molar refractivity (Wildman–Crippen MR) is 96.6 cm³/mol. The van der Waals surface area contributed by atoms with E-state index in [-0.39, 0.29) is 5.91 Å². The van der Waals surface area contributed by atoms with Crippen LogP contribution in [-0.2, 0) is 0 Å². The maximum atomic E-state index is 12.1. The molecule has 0 unspecified atom stereocenters. The smallest absolute Gasteiger partial charge is 0.345 e. The SMILES string of the molecule is COc1ccc(C(=O)Oc2ccc(NC(=O)c3ccccc3)cc2)cn1. The maximum absolute atomic E-state index is 12.1. The van der Waals surface area contributed by atoms with Gasteiger partial charge in [0.15, 0.2) is 0 Å². The first-order valence-corrected chi connectivity index (χ1v) is 7.84. The molecule has 0 atom stereocenters. The minimum absolute atomic E-state index is 0.209. The highest BCUT2D eigenvalue weighted by atomic mass is 16.5. The van der Waals surface area contributed by atoms with E-state index in [0.29, 0.717) is 28.4 Å². The van der Waals surface area contributed by atoms with E-state index in [1.807, 2.05) is 6.07 Å². The second-order valence-corrected chi connectivity index (χ2v) is 5.32. The van der Waals surface area contributed by atoms with Crippen LogP contribution in [0, 0.1) is 0 Å². The quantitative estimate of drug-likeness (QED) is 0.563. The van der Waals surface area contributed by atoms with Gasteiger partial charge in [0, 0.05) is 23.5 Å². The number of hydrogen-bond donors (Lipinski definition) is 1. The van der Waals surface area contributed by atoms with Crippen molar-refractivity contribution in [2.45, 2.75) is 0 Å². The molecule has 3 rings (SSSR count). The number of rotatable bonds is 5. The number of aromatic nitrogens is 1. The number of nitrogens with one attached hydrogen (secondary N) is 1. The Morgan fingerprint density at radius 3 is 2.23 bits per heavy atom. The van der Waals surface area contributed by atoms with Gasteiger partial charge in [0.2, 0.25) is 5.88 Å². The fourth-order valence-electron chi connectivity index (χ4n) is 2.19. The molecule has 2 aromatic carbocycles. The Bertz CT molecular complexity index is 891. The summed E-state index contributed by atoms with van der Waals surface area (Å²) < 4.78 is 10.2. The van der Waals surface area contributed by atoms with Gasteiger partial charge in [-0.15, -0.1) is 0 Å². The first-order valence-electron chi connectivity index (χ1n) is 7.84. The van der Waals surface area contributed by atoms with Crippen molar-refractivity contribution in [2.75, 3.05) is 12.4 Å². The largest absolute Gasteiger partial charge is 0.481 e. The highest BCUT2D eigenvalue weighted by Crippen LogP contribution is 2.18. The molecule has 1 amide bonds. The molecule has 0 aliphatic heterocycles. The Hall–Kier alpha value is -3.67. The Morgan fingerprint density at radius 2 is 1.62 bits per heavy atom. The van der Waals surface area contributed by atoms with Crippen LogP contribution in [0.4, 0.5) is 5.69 Å². The molecular formula is C20H16N2O4. The van der Waals surface area contributed by atoms with Crippen molar-refractivity contribution >= 4 is 17.6 Å². The average Bonchev–Trinajstić information content (AvgIpc) is 2.70. The molecule has 0 bridgehead atoms. The van der Waals surface area contributed by atoms with Crippen LogP contribution in [0.5, 0.6) is 11.6 Å². The molecule has 0 aliphatic carbocycles. The molecule has 1 N–H and O–H groups in total. The number of carbonyl (C=O) groups excluding carboxylic acids is 2. The van der Waals surface area contributed by atoms with E-state index in [4.69, 9.17) is 9.47 Å². The van der Waals surface area contributed by atoms with Crippen LogP contribution < -0.4 is 14.8 Å². The number of benzene rings is 2. The lowest BCUT2D eigenvalue weighted by molar-refractivity contribution is 0.0734. The second-order valence-electron chi connectivity index (χ2n) is 5.32. The number of methoxy groups -OCH3 is 1. The van der Waals surface area contributed by atoms with Gasteiger partial charge in [-0.25, -0.2) is 9.78 Å². The zero-order valence-corrected chi connectivity index (χ0v) is 14.0. The molecule has 6 nitrogen and oxygen atoms in total. The molecule has 0 spiro atoms. The molecule has 3 aromatic rings. The number of nitrogens with zero attached hydrogens (tertiary/aromatic N) is 1. The van der Waals surface area contributed by atoms with Gasteiger partial charge in [-0.3, -0.25) is 4.79 Å². The highest BCUT2D eigenvalue weighted by Gasteiger charge is 2.10.